The van der Waals surface area contributed by atoms with Gasteiger partial charge in [0.25, 0.3) is 0 Å². The van der Waals surface area contributed by atoms with Crippen LogP contribution in [0.3, 0.4) is 0 Å². The molecule has 1 heterocycles. The molecule has 144 valence electrons. The maximum Gasteiger partial charge on any atom is 0.241 e. The van der Waals surface area contributed by atoms with Crippen LogP contribution in [0.5, 0.6) is 5.75 Å². The summed E-state index contributed by atoms with van der Waals surface area (Å²) < 4.78 is 7.13. The first-order chi connectivity index (χ1) is 13.7. The Bertz CT molecular complexity index is 968. The molecule has 1 aliphatic rings. The predicted octanol–water partition coefficient (Wildman–Crippen LogP) is 2.06. The Morgan fingerprint density at radius 3 is 2.79 bits per heavy atom. The van der Waals surface area contributed by atoms with Crippen LogP contribution in [0.25, 0.3) is 5.69 Å². The number of carbonyl (C=O) groups excluding carboxylic acids is 1. The van der Waals surface area contributed by atoms with E-state index in [-0.39, 0.29) is 5.91 Å². The van der Waals surface area contributed by atoms with Crippen LogP contribution in [0.4, 0.5) is 5.69 Å². The SMILES string of the molecule is COc1ccc(NC(=O)[C@@H](N)Cc2ccccc2)cc1-n1nnnc1C1CC1. The van der Waals surface area contributed by atoms with Gasteiger partial charge in [-0.05, 0) is 53.5 Å². The molecular formula is C20H22N6O2. The fourth-order valence-electron chi connectivity index (χ4n) is 3.09. The van der Waals surface area contributed by atoms with Crippen molar-refractivity contribution in [1.29, 1.82) is 0 Å². The largest absolute Gasteiger partial charge is 0.494 e. The van der Waals surface area contributed by atoms with Gasteiger partial charge in [-0.2, -0.15) is 4.68 Å². The number of rotatable bonds is 7. The fourth-order valence-corrected chi connectivity index (χ4v) is 3.09. The number of hydrogen-bond acceptors (Lipinski definition) is 6. The molecule has 0 saturated heterocycles. The maximum absolute atomic E-state index is 12.5. The summed E-state index contributed by atoms with van der Waals surface area (Å²) in [5.74, 6) is 1.56. The molecule has 0 aliphatic heterocycles. The van der Waals surface area contributed by atoms with Gasteiger partial charge in [-0.1, -0.05) is 30.3 Å². The van der Waals surface area contributed by atoms with Gasteiger partial charge >= 0.3 is 0 Å². The van der Waals surface area contributed by atoms with Gasteiger partial charge in [0.15, 0.2) is 5.82 Å². The highest BCUT2D eigenvalue weighted by atomic mass is 16.5. The summed E-state index contributed by atoms with van der Waals surface area (Å²) in [7, 11) is 1.59. The van der Waals surface area contributed by atoms with Crippen LogP contribution in [0, 0.1) is 0 Å². The van der Waals surface area contributed by atoms with Crippen molar-refractivity contribution in [3.05, 3.63) is 59.9 Å². The topological polar surface area (TPSA) is 108 Å². The Morgan fingerprint density at radius 1 is 1.29 bits per heavy atom. The van der Waals surface area contributed by atoms with Gasteiger partial charge in [0.05, 0.1) is 13.2 Å². The third-order valence-electron chi connectivity index (χ3n) is 4.75. The molecule has 1 atom stereocenters. The Morgan fingerprint density at radius 2 is 2.07 bits per heavy atom. The van der Waals surface area contributed by atoms with Gasteiger partial charge < -0.3 is 15.8 Å². The molecule has 4 rings (SSSR count). The second-order valence-corrected chi connectivity index (χ2v) is 6.90. The van der Waals surface area contributed by atoms with E-state index in [1.165, 1.54) is 0 Å². The molecule has 8 heteroatoms. The number of hydrogen-bond donors (Lipinski definition) is 2. The Balaban J connectivity index is 1.53. The maximum atomic E-state index is 12.5. The fraction of sp³-hybridized carbons (Fsp3) is 0.300. The Hall–Kier alpha value is -3.26. The van der Waals surface area contributed by atoms with Crippen LogP contribution in [0.2, 0.25) is 0 Å². The summed E-state index contributed by atoms with van der Waals surface area (Å²) in [6, 6.07) is 14.4. The van der Waals surface area contributed by atoms with E-state index in [0.717, 1.165) is 24.2 Å². The second kappa shape index (κ2) is 7.77. The first-order valence-electron chi connectivity index (χ1n) is 9.23. The number of carbonyl (C=O) groups is 1. The molecule has 1 aliphatic carbocycles. The van der Waals surface area contributed by atoms with Gasteiger partial charge in [0, 0.05) is 11.6 Å². The number of nitrogens with zero attached hydrogens (tertiary/aromatic N) is 4. The predicted molar refractivity (Wildman–Crippen MR) is 104 cm³/mol. The smallest absolute Gasteiger partial charge is 0.241 e. The van der Waals surface area contributed by atoms with Crippen LogP contribution in [-0.2, 0) is 11.2 Å². The first-order valence-corrected chi connectivity index (χ1v) is 9.23. The van der Waals surface area contributed by atoms with Crippen molar-refractivity contribution < 1.29 is 9.53 Å². The quantitative estimate of drug-likeness (QED) is 0.651. The lowest BCUT2D eigenvalue weighted by atomic mass is 10.1. The zero-order chi connectivity index (χ0) is 19.5. The minimum atomic E-state index is -0.650. The summed E-state index contributed by atoms with van der Waals surface area (Å²) in [5, 5.41) is 14.9. The summed E-state index contributed by atoms with van der Waals surface area (Å²) in [4.78, 5) is 12.5. The number of nitrogens with one attached hydrogen (secondary N) is 1. The van der Waals surface area contributed by atoms with Crippen LogP contribution in [0.15, 0.2) is 48.5 Å². The summed E-state index contributed by atoms with van der Waals surface area (Å²) >= 11 is 0. The Labute approximate surface area is 162 Å². The Kier molecular flexibility index (Phi) is 5.03. The summed E-state index contributed by atoms with van der Waals surface area (Å²) in [6.45, 7) is 0. The van der Waals surface area contributed by atoms with Crippen LogP contribution in [-0.4, -0.2) is 39.3 Å². The number of nitrogens with two attached hydrogens (primary N) is 1. The summed E-state index contributed by atoms with van der Waals surface area (Å²) in [6.07, 6.45) is 2.62. The van der Waals surface area contributed by atoms with Crippen molar-refractivity contribution in [3.8, 4) is 11.4 Å². The third-order valence-corrected chi connectivity index (χ3v) is 4.75. The molecule has 0 unspecified atom stereocenters. The molecule has 28 heavy (non-hydrogen) atoms. The monoisotopic (exact) mass is 378 g/mol. The molecule has 2 aromatic carbocycles. The van der Waals surface area contributed by atoms with Crippen LogP contribution < -0.4 is 15.8 Å². The average molecular weight is 378 g/mol. The number of methoxy groups -OCH3 is 1. The normalized spacial score (nSPS) is 14.5. The van der Waals surface area contributed by atoms with Crippen molar-refractivity contribution in [2.75, 3.05) is 12.4 Å². The molecule has 3 N–H and O–H groups in total. The molecule has 3 aromatic rings. The van der Waals surface area contributed by atoms with Gasteiger partial charge in [0.1, 0.15) is 11.4 Å². The number of amides is 1. The number of tetrazole rings is 1. The minimum absolute atomic E-state index is 0.251. The molecule has 1 aromatic heterocycles. The van der Waals surface area contributed by atoms with E-state index in [9.17, 15) is 4.79 Å². The molecule has 1 amide bonds. The molecule has 0 radical (unpaired) electrons. The molecule has 0 bridgehead atoms. The van der Waals surface area contributed by atoms with E-state index in [2.05, 4.69) is 20.8 Å². The van der Waals surface area contributed by atoms with Crippen molar-refractivity contribution in [2.45, 2.75) is 31.2 Å². The van der Waals surface area contributed by atoms with E-state index < -0.39 is 6.04 Å². The number of aromatic nitrogens is 4. The van der Waals surface area contributed by atoms with Gasteiger partial charge in [-0.3, -0.25) is 4.79 Å². The highest BCUT2D eigenvalue weighted by Crippen LogP contribution is 2.40. The molecule has 1 fully saturated rings. The lowest BCUT2D eigenvalue weighted by Crippen LogP contribution is -2.37. The standard InChI is InChI=1S/C20H22N6O2/c1-28-18-10-9-15(12-17(18)26-19(14-7-8-14)23-24-25-26)22-20(27)16(21)11-13-5-3-2-4-6-13/h2-6,9-10,12,14,16H,7-8,11,21H2,1H3,(H,22,27)/t16-/m0/s1. The van der Waals surface area contributed by atoms with E-state index in [0.29, 0.717) is 29.5 Å². The van der Waals surface area contributed by atoms with Gasteiger partial charge in [-0.15, -0.1) is 5.10 Å². The minimum Gasteiger partial charge on any atom is -0.494 e. The van der Waals surface area contributed by atoms with Crippen molar-refractivity contribution in [3.63, 3.8) is 0 Å². The van der Waals surface area contributed by atoms with E-state index in [1.807, 2.05) is 30.3 Å². The van der Waals surface area contributed by atoms with Crippen LogP contribution >= 0.6 is 0 Å². The lowest BCUT2D eigenvalue weighted by molar-refractivity contribution is -0.117. The second-order valence-electron chi connectivity index (χ2n) is 6.90. The van der Waals surface area contributed by atoms with Gasteiger partial charge in [0.2, 0.25) is 5.91 Å². The molecule has 0 spiro atoms. The average Bonchev–Trinajstić information content (AvgIpc) is 3.45. The van der Waals surface area contributed by atoms with E-state index >= 15 is 0 Å². The number of benzene rings is 2. The number of ether oxygens (including phenoxy) is 1. The van der Waals surface area contributed by atoms with Gasteiger partial charge in [-0.25, -0.2) is 0 Å². The zero-order valence-electron chi connectivity index (χ0n) is 15.6. The van der Waals surface area contributed by atoms with E-state index in [4.69, 9.17) is 10.5 Å². The lowest BCUT2D eigenvalue weighted by Gasteiger charge is -2.15. The highest BCUT2D eigenvalue weighted by molar-refractivity contribution is 5.95. The third kappa shape index (κ3) is 3.86. The first kappa shape index (κ1) is 18.1. The van der Waals surface area contributed by atoms with Crippen molar-refractivity contribution in [1.82, 2.24) is 20.2 Å². The number of anilines is 1. The zero-order valence-corrected chi connectivity index (χ0v) is 15.6. The summed E-state index contributed by atoms with van der Waals surface area (Å²) in [5.41, 5.74) is 8.40. The highest BCUT2D eigenvalue weighted by Gasteiger charge is 2.30. The van der Waals surface area contributed by atoms with Crippen molar-refractivity contribution in [2.24, 2.45) is 5.73 Å². The molecular weight excluding hydrogens is 356 g/mol. The van der Waals surface area contributed by atoms with Crippen molar-refractivity contribution >= 4 is 11.6 Å². The molecule has 1 saturated carbocycles. The van der Waals surface area contributed by atoms with Crippen LogP contribution in [0.1, 0.15) is 30.1 Å². The molecule has 8 nitrogen and oxygen atoms in total. The van der Waals surface area contributed by atoms with E-state index in [1.54, 1.807) is 30.0 Å².